The highest BCUT2D eigenvalue weighted by molar-refractivity contribution is 14.0. The lowest BCUT2D eigenvalue weighted by atomic mass is 10.3. The minimum absolute atomic E-state index is 0. The second-order valence-electron chi connectivity index (χ2n) is 5.17. The van der Waals surface area contributed by atoms with E-state index < -0.39 is 0 Å². The van der Waals surface area contributed by atoms with Crippen molar-refractivity contribution in [2.24, 2.45) is 12.0 Å². The molecule has 1 unspecified atom stereocenters. The van der Waals surface area contributed by atoms with Gasteiger partial charge >= 0.3 is 0 Å². The molecule has 7 nitrogen and oxygen atoms in total. The van der Waals surface area contributed by atoms with Crippen molar-refractivity contribution in [2.75, 3.05) is 20.3 Å². The van der Waals surface area contributed by atoms with Crippen molar-refractivity contribution in [1.82, 2.24) is 25.4 Å². The van der Waals surface area contributed by atoms with Crippen LogP contribution >= 0.6 is 24.0 Å². The predicted molar refractivity (Wildman–Crippen MR) is 99.7 cm³/mol. The van der Waals surface area contributed by atoms with E-state index in [-0.39, 0.29) is 30.0 Å². The first-order valence-corrected chi connectivity index (χ1v) is 7.47. The van der Waals surface area contributed by atoms with E-state index in [9.17, 15) is 0 Å². The van der Waals surface area contributed by atoms with E-state index >= 15 is 0 Å². The largest absolute Gasteiger partial charge is 0.383 e. The van der Waals surface area contributed by atoms with E-state index in [1.165, 1.54) is 0 Å². The topological polar surface area (TPSA) is 76.4 Å². The number of methoxy groups -OCH3 is 1. The molecular weight excluding hydrogens is 395 g/mol. The van der Waals surface area contributed by atoms with Gasteiger partial charge in [0.15, 0.2) is 11.8 Å². The highest BCUT2D eigenvalue weighted by Crippen LogP contribution is 1.99. The van der Waals surface area contributed by atoms with Crippen LogP contribution in [0, 0.1) is 6.92 Å². The number of aliphatic imine (C=N–C) groups is 1. The maximum Gasteiger partial charge on any atom is 0.191 e. The van der Waals surface area contributed by atoms with Crippen molar-refractivity contribution >= 4 is 29.9 Å². The molecule has 8 heteroatoms. The van der Waals surface area contributed by atoms with Gasteiger partial charge < -0.3 is 19.9 Å². The molecule has 0 radical (unpaired) electrons. The van der Waals surface area contributed by atoms with Crippen LogP contribution in [0.1, 0.15) is 38.3 Å². The number of hydrogen-bond acceptors (Lipinski definition) is 4. The minimum atomic E-state index is 0. The predicted octanol–water partition coefficient (Wildman–Crippen LogP) is 1.61. The van der Waals surface area contributed by atoms with Gasteiger partial charge in [-0.1, -0.05) is 13.3 Å². The molecule has 0 amide bonds. The SMILES string of the molecule is CCCCNC(=NCc1nnc(C)n1C)NC(C)COC.I. The Balaban J connectivity index is 0.00000441. The van der Waals surface area contributed by atoms with Crippen LogP contribution in [0.15, 0.2) is 4.99 Å². The summed E-state index contributed by atoms with van der Waals surface area (Å²) in [6, 6.07) is 0.198. The Bertz CT molecular complexity index is 449. The average molecular weight is 424 g/mol. The van der Waals surface area contributed by atoms with Gasteiger partial charge in [-0.2, -0.15) is 0 Å². The molecule has 0 spiro atoms. The molecule has 0 bridgehead atoms. The second-order valence-corrected chi connectivity index (χ2v) is 5.17. The fourth-order valence-electron chi connectivity index (χ4n) is 1.80. The van der Waals surface area contributed by atoms with Crippen molar-refractivity contribution in [3.63, 3.8) is 0 Å². The number of hydrogen-bond donors (Lipinski definition) is 2. The van der Waals surface area contributed by atoms with Gasteiger partial charge in [0.1, 0.15) is 12.4 Å². The number of guanidine groups is 1. The average Bonchev–Trinajstić information content (AvgIpc) is 2.76. The molecule has 0 aliphatic carbocycles. The first-order chi connectivity index (χ1) is 10.1. The number of ether oxygens (including phenoxy) is 1. The number of unbranched alkanes of at least 4 members (excludes halogenated alkanes) is 1. The van der Waals surface area contributed by atoms with Crippen LogP contribution in [0.5, 0.6) is 0 Å². The van der Waals surface area contributed by atoms with E-state index in [0.29, 0.717) is 13.2 Å². The van der Waals surface area contributed by atoms with Crippen LogP contribution in [0.25, 0.3) is 0 Å². The van der Waals surface area contributed by atoms with Crippen LogP contribution in [0.2, 0.25) is 0 Å². The lowest BCUT2D eigenvalue weighted by Crippen LogP contribution is -2.44. The van der Waals surface area contributed by atoms with Gasteiger partial charge in [-0.3, -0.25) is 0 Å². The van der Waals surface area contributed by atoms with Crippen molar-refractivity contribution in [2.45, 2.75) is 46.2 Å². The first kappa shape index (κ1) is 21.1. The Morgan fingerprint density at radius 3 is 2.68 bits per heavy atom. The van der Waals surface area contributed by atoms with E-state index in [1.807, 2.05) is 18.5 Å². The Kier molecular flexibility index (Phi) is 11.2. The fourth-order valence-corrected chi connectivity index (χ4v) is 1.80. The van der Waals surface area contributed by atoms with Crippen LogP contribution in [0.4, 0.5) is 0 Å². The van der Waals surface area contributed by atoms with E-state index in [4.69, 9.17) is 4.74 Å². The molecule has 1 heterocycles. The number of nitrogens with one attached hydrogen (secondary N) is 2. The quantitative estimate of drug-likeness (QED) is 0.287. The van der Waals surface area contributed by atoms with E-state index in [1.54, 1.807) is 7.11 Å². The molecule has 1 aromatic heterocycles. The summed E-state index contributed by atoms with van der Waals surface area (Å²) in [4.78, 5) is 4.58. The van der Waals surface area contributed by atoms with Crippen LogP contribution < -0.4 is 10.6 Å². The molecule has 0 saturated heterocycles. The third-order valence-electron chi connectivity index (χ3n) is 3.18. The Morgan fingerprint density at radius 2 is 2.14 bits per heavy atom. The number of rotatable bonds is 8. The normalized spacial score (nSPS) is 12.7. The van der Waals surface area contributed by atoms with Gasteiger partial charge in [-0.05, 0) is 20.3 Å². The molecule has 0 fully saturated rings. The maximum absolute atomic E-state index is 5.14. The first-order valence-electron chi connectivity index (χ1n) is 7.47. The van der Waals surface area contributed by atoms with Gasteiger partial charge in [0.25, 0.3) is 0 Å². The zero-order chi connectivity index (χ0) is 15.7. The molecule has 1 atom stereocenters. The summed E-state index contributed by atoms with van der Waals surface area (Å²) >= 11 is 0. The number of halogens is 1. The zero-order valence-electron chi connectivity index (χ0n) is 14.2. The van der Waals surface area contributed by atoms with Crippen molar-refractivity contribution in [1.29, 1.82) is 0 Å². The summed E-state index contributed by atoms with van der Waals surface area (Å²) in [7, 11) is 3.65. The van der Waals surface area contributed by atoms with Gasteiger partial charge in [-0.15, -0.1) is 34.2 Å². The van der Waals surface area contributed by atoms with E-state index in [0.717, 1.165) is 37.0 Å². The minimum Gasteiger partial charge on any atom is -0.383 e. The monoisotopic (exact) mass is 424 g/mol. The standard InChI is InChI=1S/C14H28N6O.HI/c1-6-7-8-15-14(17-11(2)10-21-5)16-9-13-19-18-12(3)20(13)4;/h11H,6-10H2,1-5H3,(H2,15,16,17);1H. The van der Waals surface area contributed by atoms with Crippen LogP contribution in [-0.2, 0) is 18.3 Å². The van der Waals surface area contributed by atoms with Crippen molar-refractivity contribution < 1.29 is 4.74 Å². The molecular formula is C14H29IN6O. The van der Waals surface area contributed by atoms with Gasteiger partial charge in [-0.25, -0.2) is 4.99 Å². The second kappa shape index (κ2) is 11.6. The summed E-state index contributed by atoms with van der Waals surface area (Å²) in [5.74, 6) is 2.53. The summed E-state index contributed by atoms with van der Waals surface area (Å²) < 4.78 is 7.09. The van der Waals surface area contributed by atoms with Gasteiger partial charge in [0.2, 0.25) is 0 Å². The third-order valence-corrected chi connectivity index (χ3v) is 3.18. The van der Waals surface area contributed by atoms with Gasteiger partial charge in [0, 0.05) is 26.7 Å². The van der Waals surface area contributed by atoms with E-state index in [2.05, 4.69) is 39.7 Å². The maximum atomic E-state index is 5.14. The molecule has 0 aliphatic rings. The molecule has 1 rings (SSSR count). The molecule has 0 saturated carbocycles. The number of nitrogens with zero attached hydrogens (tertiary/aromatic N) is 4. The van der Waals surface area contributed by atoms with Crippen molar-refractivity contribution in [3.8, 4) is 0 Å². The van der Waals surface area contributed by atoms with Crippen LogP contribution in [-0.4, -0.2) is 47.0 Å². The number of aryl methyl sites for hydroxylation is 1. The Morgan fingerprint density at radius 1 is 1.41 bits per heavy atom. The number of aromatic nitrogens is 3. The lowest BCUT2D eigenvalue weighted by Gasteiger charge is -2.17. The van der Waals surface area contributed by atoms with Crippen molar-refractivity contribution in [3.05, 3.63) is 11.6 Å². The lowest BCUT2D eigenvalue weighted by molar-refractivity contribution is 0.179. The molecule has 128 valence electrons. The Hall–Kier alpha value is -0.900. The fraction of sp³-hybridized carbons (Fsp3) is 0.786. The van der Waals surface area contributed by atoms with Crippen LogP contribution in [0.3, 0.4) is 0 Å². The highest BCUT2D eigenvalue weighted by atomic mass is 127. The summed E-state index contributed by atoms with van der Waals surface area (Å²) in [5, 5.41) is 14.8. The summed E-state index contributed by atoms with van der Waals surface area (Å²) in [6.45, 7) is 8.20. The molecule has 22 heavy (non-hydrogen) atoms. The summed E-state index contributed by atoms with van der Waals surface area (Å²) in [5.41, 5.74) is 0. The Labute approximate surface area is 150 Å². The smallest absolute Gasteiger partial charge is 0.191 e. The molecule has 0 aliphatic heterocycles. The van der Waals surface area contributed by atoms with Gasteiger partial charge in [0.05, 0.1) is 6.61 Å². The zero-order valence-corrected chi connectivity index (χ0v) is 16.5. The molecule has 1 aromatic rings. The third kappa shape index (κ3) is 7.39. The summed E-state index contributed by atoms with van der Waals surface area (Å²) in [6.07, 6.45) is 2.26. The molecule has 0 aromatic carbocycles. The molecule has 2 N–H and O–H groups in total. The highest BCUT2D eigenvalue weighted by Gasteiger charge is 2.07.